The van der Waals surface area contributed by atoms with Gasteiger partial charge in [0, 0.05) is 38.9 Å². The Balaban J connectivity index is 1.77. The van der Waals surface area contributed by atoms with Crippen LogP contribution < -0.4 is 10.2 Å². The highest BCUT2D eigenvalue weighted by Crippen LogP contribution is 2.12. The summed E-state index contributed by atoms with van der Waals surface area (Å²) in [5.41, 5.74) is 0. The highest BCUT2D eigenvalue weighted by Gasteiger charge is 2.21. The first-order valence-electron chi connectivity index (χ1n) is 7.00. The number of nitrogens with zero attached hydrogens (tertiary/aromatic N) is 3. The monoisotopic (exact) mass is 262 g/mol. The number of pyridine rings is 1. The average Bonchev–Trinajstić information content (AvgIpc) is 2.48. The van der Waals surface area contributed by atoms with Gasteiger partial charge in [-0.1, -0.05) is 19.4 Å². The molecular weight excluding hydrogens is 240 g/mol. The van der Waals surface area contributed by atoms with Gasteiger partial charge in [-0.25, -0.2) is 9.78 Å². The lowest BCUT2D eigenvalue weighted by Crippen LogP contribution is -2.52. The molecule has 0 radical (unpaired) electrons. The number of anilines is 1. The summed E-state index contributed by atoms with van der Waals surface area (Å²) in [7, 11) is 0. The van der Waals surface area contributed by atoms with Crippen LogP contribution in [0.5, 0.6) is 0 Å². The van der Waals surface area contributed by atoms with E-state index < -0.39 is 0 Å². The van der Waals surface area contributed by atoms with E-state index in [4.69, 9.17) is 0 Å². The van der Waals surface area contributed by atoms with E-state index in [1.165, 1.54) is 0 Å². The van der Waals surface area contributed by atoms with E-state index in [0.717, 1.165) is 51.4 Å². The van der Waals surface area contributed by atoms with Crippen LogP contribution in [0.15, 0.2) is 24.4 Å². The standard InChI is InChI=1S/C14H22N4O/c1-2-3-7-16-14(19)18-11-9-17(10-12-18)13-6-4-5-8-15-13/h4-6,8H,2-3,7,9-12H2,1H3,(H,16,19). The van der Waals surface area contributed by atoms with Crippen LogP contribution in [0.3, 0.4) is 0 Å². The Bertz CT molecular complexity index is 388. The number of hydrogen-bond acceptors (Lipinski definition) is 3. The second kappa shape index (κ2) is 6.97. The van der Waals surface area contributed by atoms with Crippen molar-refractivity contribution in [3.05, 3.63) is 24.4 Å². The number of amides is 2. The van der Waals surface area contributed by atoms with Gasteiger partial charge in [0.2, 0.25) is 0 Å². The van der Waals surface area contributed by atoms with Gasteiger partial charge >= 0.3 is 6.03 Å². The Kier molecular flexibility index (Phi) is 5.01. The normalized spacial score (nSPS) is 15.4. The molecule has 1 N–H and O–H groups in total. The van der Waals surface area contributed by atoms with Crippen molar-refractivity contribution in [1.29, 1.82) is 0 Å². The van der Waals surface area contributed by atoms with Gasteiger partial charge in [-0.2, -0.15) is 0 Å². The maximum Gasteiger partial charge on any atom is 0.317 e. The molecule has 19 heavy (non-hydrogen) atoms. The SMILES string of the molecule is CCCCNC(=O)N1CCN(c2ccccn2)CC1. The fraction of sp³-hybridized carbons (Fsp3) is 0.571. The summed E-state index contributed by atoms with van der Waals surface area (Å²) in [5.74, 6) is 0.994. The molecule has 1 aliphatic rings. The first kappa shape index (κ1) is 13.6. The molecule has 1 aromatic rings. The van der Waals surface area contributed by atoms with Crippen molar-refractivity contribution in [3.8, 4) is 0 Å². The van der Waals surface area contributed by atoms with Gasteiger partial charge in [-0.15, -0.1) is 0 Å². The number of carbonyl (C=O) groups is 1. The number of piperazine rings is 1. The summed E-state index contributed by atoms with van der Waals surface area (Å²) in [4.78, 5) is 20.3. The van der Waals surface area contributed by atoms with Gasteiger partial charge in [0.25, 0.3) is 0 Å². The van der Waals surface area contributed by atoms with E-state index in [-0.39, 0.29) is 6.03 Å². The van der Waals surface area contributed by atoms with Crippen molar-refractivity contribution < 1.29 is 4.79 Å². The molecule has 0 saturated carbocycles. The molecule has 2 rings (SSSR count). The molecule has 0 atom stereocenters. The van der Waals surface area contributed by atoms with Gasteiger partial charge in [-0.3, -0.25) is 0 Å². The third-order valence-corrected chi connectivity index (χ3v) is 3.35. The van der Waals surface area contributed by atoms with Crippen molar-refractivity contribution in [3.63, 3.8) is 0 Å². The number of aromatic nitrogens is 1. The third-order valence-electron chi connectivity index (χ3n) is 3.35. The molecule has 2 heterocycles. The summed E-state index contributed by atoms with van der Waals surface area (Å²) >= 11 is 0. The Morgan fingerprint density at radius 3 is 2.74 bits per heavy atom. The predicted octanol–water partition coefficient (Wildman–Crippen LogP) is 1.71. The van der Waals surface area contributed by atoms with Crippen LogP contribution in [0.4, 0.5) is 10.6 Å². The Morgan fingerprint density at radius 1 is 1.32 bits per heavy atom. The number of nitrogens with one attached hydrogen (secondary N) is 1. The summed E-state index contributed by atoms with van der Waals surface area (Å²) in [5, 5.41) is 2.96. The number of hydrogen-bond donors (Lipinski definition) is 1. The fourth-order valence-electron chi connectivity index (χ4n) is 2.16. The Hall–Kier alpha value is -1.78. The molecule has 2 amide bonds. The van der Waals surface area contributed by atoms with E-state index in [9.17, 15) is 4.79 Å². The van der Waals surface area contributed by atoms with Crippen LogP contribution in [0.2, 0.25) is 0 Å². The van der Waals surface area contributed by atoms with E-state index >= 15 is 0 Å². The molecule has 0 unspecified atom stereocenters. The Labute approximate surface area is 114 Å². The van der Waals surface area contributed by atoms with Crippen molar-refractivity contribution in [2.75, 3.05) is 37.6 Å². The van der Waals surface area contributed by atoms with Crippen LogP contribution in [-0.2, 0) is 0 Å². The van der Waals surface area contributed by atoms with Crippen LogP contribution in [0, 0.1) is 0 Å². The minimum atomic E-state index is 0.0640. The molecule has 0 aromatic carbocycles. The second-order valence-corrected chi connectivity index (χ2v) is 4.75. The smallest absolute Gasteiger partial charge is 0.317 e. The lowest BCUT2D eigenvalue weighted by atomic mass is 10.3. The number of rotatable bonds is 4. The molecule has 1 saturated heterocycles. The maximum atomic E-state index is 11.9. The topological polar surface area (TPSA) is 48.5 Å². The van der Waals surface area contributed by atoms with E-state index in [1.807, 2.05) is 23.1 Å². The largest absolute Gasteiger partial charge is 0.353 e. The molecule has 0 spiro atoms. The molecule has 5 nitrogen and oxygen atoms in total. The summed E-state index contributed by atoms with van der Waals surface area (Å²) in [6.45, 7) is 6.10. The van der Waals surface area contributed by atoms with Crippen LogP contribution in [0.1, 0.15) is 19.8 Å². The van der Waals surface area contributed by atoms with Crippen molar-refractivity contribution in [2.24, 2.45) is 0 Å². The van der Waals surface area contributed by atoms with Gasteiger partial charge in [0.1, 0.15) is 5.82 Å². The molecule has 0 bridgehead atoms. The van der Waals surface area contributed by atoms with Crippen LogP contribution >= 0.6 is 0 Å². The number of urea groups is 1. The summed E-state index contributed by atoms with van der Waals surface area (Å²) in [6, 6.07) is 5.98. The van der Waals surface area contributed by atoms with E-state index in [1.54, 1.807) is 6.20 Å². The second-order valence-electron chi connectivity index (χ2n) is 4.75. The zero-order valence-corrected chi connectivity index (χ0v) is 11.5. The Morgan fingerprint density at radius 2 is 2.11 bits per heavy atom. The molecule has 5 heteroatoms. The van der Waals surface area contributed by atoms with Gasteiger partial charge in [-0.05, 0) is 18.6 Å². The predicted molar refractivity (Wildman–Crippen MR) is 76.3 cm³/mol. The van der Waals surface area contributed by atoms with Gasteiger partial charge in [0.15, 0.2) is 0 Å². The van der Waals surface area contributed by atoms with Crippen molar-refractivity contribution in [2.45, 2.75) is 19.8 Å². The minimum Gasteiger partial charge on any atom is -0.353 e. The zero-order chi connectivity index (χ0) is 13.5. The lowest BCUT2D eigenvalue weighted by Gasteiger charge is -2.35. The first-order valence-corrected chi connectivity index (χ1v) is 7.00. The molecular formula is C14H22N4O. The number of unbranched alkanes of at least 4 members (excludes halogenated alkanes) is 1. The van der Waals surface area contributed by atoms with Crippen LogP contribution in [-0.4, -0.2) is 48.6 Å². The minimum absolute atomic E-state index is 0.0640. The summed E-state index contributed by atoms with van der Waals surface area (Å²) in [6.07, 6.45) is 3.95. The van der Waals surface area contributed by atoms with E-state index in [2.05, 4.69) is 22.1 Å². The molecule has 1 fully saturated rings. The third kappa shape index (κ3) is 3.84. The van der Waals surface area contributed by atoms with Gasteiger partial charge < -0.3 is 15.1 Å². The van der Waals surface area contributed by atoms with Gasteiger partial charge in [0.05, 0.1) is 0 Å². The molecule has 1 aromatic heterocycles. The van der Waals surface area contributed by atoms with Crippen molar-refractivity contribution in [1.82, 2.24) is 15.2 Å². The van der Waals surface area contributed by atoms with Crippen molar-refractivity contribution >= 4 is 11.8 Å². The molecule has 1 aliphatic heterocycles. The van der Waals surface area contributed by atoms with Crippen LogP contribution in [0.25, 0.3) is 0 Å². The fourth-order valence-corrected chi connectivity index (χ4v) is 2.16. The highest BCUT2D eigenvalue weighted by atomic mass is 16.2. The van der Waals surface area contributed by atoms with E-state index in [0.29, 0.717) is 0 Å². The quantitative estimate of drug-likeness (QED) is 0.840. The highest BCUT2D eigenvalue weighted by molar-refractivity contribution is 5.74. The number of carbonyl (C=O) groups excluding carboxylic acids is 1. The lowest BCUT2D eigenvalue weighted by molar-refractivity contribution is 0.194. The molecule has 104 valence electrons. The average molecular weight is 262 g/mol. The maximum absolute atomic E-state index is 11.9. The summed E-state index contributed by atoms with van der Waals surface area (Å²) < 4.78 is 0. The first-order chi connectivity index (χ1) is 9.31. The zero-order valence-electron chi connectivity index (χ0n) is 11.5. The molecule has 0 aliphatic carbocycles.